The first-order chi connectivity index (χ1) is 8.90. The maximum atomic E-state index is 6.09. The number of aromatic nitrogens is 1. The zero-order valence-corrected chi connectivity index (χ0v) is 13.6. The Kier molecular flexibility index (Phi) is 4.62. The van der Waals surface area contributed by atoms with Gasteiger partial charge in [0.1, 0.15) is 11.0 Å². The minimum Gasteiger partial charge on any atom is -0.368 e. The van der Waals surface area contributed by atoms with E-state index in [2.05, 4.69) is 35.6 Å². The van der Waals surface area contributed by atoms with Crippen LogP contribution in [0, 0.1) is 0 Å². The summed E-state index contributed by atoms with van der Waals surface area (Å²) in [6, 6.07) is 5.77. The normalized spacial score (nSPS) is 11.6. The second-order valence-corrected chi connectivity index (χ2v) is 6.93. The number of nitrogens with zero attached hydrogens (tertiary/aromatic N) is 1. The van der Waals surface area contributed by atoms with Crippen molar-refractivity contribution in [3.63, 3.8) is 0 Å². The third-order valence-electron chi connectivity index (χ3n) is 2.77. The predicted octanol–water partition coefficient (Wildman–Crippen LogP) is 5.49. The molecule has 2 aromatic rings. The van der Waals surface area contributed by atoms with E-state index in [0.29, 0.717) is 22.4 Å². The Morgan fingerprint density at radius 2 is 2.00 bits per heavy atom. The maximum Gasteiger partial charge on any atom is 0.150 e. The molecule has 19 heavy (non-hydrogen) atoms. The summed E-state index contributed by atoms with van der Waals surface area (Å²) >= 11 is 19.6. The van der Waals surface area contributed by atoms with E-state index in [-0.39, 0.29) is 10.6 Å². The van der Waals surface area contributed by atoms with Crippen LogP contribution in [0.2, 0.25) is 15.2 Å². The highest BCUT2D eigenvalue weighted by Crippen LogP contribution is 2.31. The lowest BCUT2D eigenvalue weighted by atomic mass is 9.91. The van der Waals surface area contributed by atoms with Crippen LogP contribution in [0.3, 0.4) is 0 Å². The van der Waals surface area contributed by atoms with E-state index in [1.165, 1.54) is 4.88 Å². The van der Waals surface area contributed by atoms with Crippen molar-refractivity contribution < 1.29 is 0 Å². The third kappa shape index (κ3) is 3.54. The number of nitrogens with one attached hydrogen (secondary N) is 1. The summed E-state index contributed by atoms with van der Waals surface area (Å²) in [5.41, 5.74) is -0.00864. The molecule has 6 heteroatoms. The average molecular weight is 336 g/mol. The van der Waals surface area contributed by atoms with Crippen LogP contribution in [0.25, 0.3) is 0 Å². The van der Waals surface area contributed by atoms with Gasteiger partial charge in [0, 0.05) is 16.8 Å². The summed E-state index contributed by atoms with van der Waals surface area (Å²) in [7, 11) is 0. The Hall–Kier alpha value is -0.480. The van der Waals surface area contributed by atoms with Crippen LogP contribution in [-0.2, 0) is 5.41 Å². The van der Waals surface area contributed by atoms with Gasteiger partial charge < -0.3 is 5.32 Å². The molecule has 0 aliphatic heterocycles. The molecule has 0 aromatic carbocycles. The Labute approximate surface area is 131 Å². The fraction of sp³-hybridized carbons (Fsp3) is 0.308. The molecule has 0 radical (unpaired) electrons. The molecule has 0 bridgehead atoms. The van der Waals surface area contributed by atoms with Gasteiger partial charge in [-0.15, -0.1) is 11.3 Å². The Morgan fingerprint density at radius 3 is 2.63 bits per heavy atom. The van der Waals surface area contributed by atoms with Gasteiger partial charge in [0.15, 0.2) is 0 Å². The topological polar surface area (TPSA) is 24.9 Å². The summed E-state index contributed by atoms with van der Waals surface area (Å²) in [5.74, 6) is 0.556. The maximum absolute atomic E-state index is 6.09. The predicted molar refractivity (Wildman–Crippen MR) is 85.1 cm³/mol. The molecule has 2 heterocycles. The standard InChI is InChI=1S/C13H13Cl3N2S/c1-13(2,10-4-3-5-19-10)7-17-12-9(15)6-8(14)11(16)18-12/h3-6H,7H2,1-2H3,(H,17,18). The number of halogens is 3. The minimum absolute atomic E-state index is 0.00864. The van der Waals surface area contributed by atoms with Gasteiger partial charge in [-0.1, -0.05) is 54.7 Å². The fourth-order valence-corrected chi connectivity index (χ4v) is 3.04. The molecular formula is C13H13Cl3N2S. The number of hydrogen-bond acceptors (Lipinski definition) is 3. The van der Waals surface area contributed by atoms with Gasteiger partial charge in [-0.3, -0.25) is 0 Å². The van der Waals surface area contributed by atoms with Crippen molar-refractivity contribution in [2.45, 2.75) is 19.3 Å². The number of hydrogen-bond donors (Lipinski definition) is 1. The van der Waals surface area contributed by atoms with Crippen molar-refractivity contribution in [2.24, 2.45) is 0 Å². The first-order valence-electron chi connectivity index (χ1n) is 5.69. The van der Waals surface area contributed by atoms with Gasteiger partial charge in [0.05, 0.1) is 10.0 Å². The first kappa shape index (κ1) is 14.9. The van der Waals surface area contributed by atoms with Gasteiger partial charge in [-0.2, -0.15) is 0 Å². The van der Waals surface area contributed by atoms with Crippen LogP contribution in [0.4, 0.5) is 5.82 Å². The van der Waals surface area contributed by atoms with Crippen molar-refractivity contribution in [1.29, 1.82) is 0 Å². The van der Waals surface area contributed by atoms with E-state index in [9.17, 15) is 0 Å². The van der Waals surface area contributed by atoms with E-state index in [1.54, 1.807) is 17.4 Å². The number of pyridine rings is 1. The van der Waals surface area contributed by atoms with Gasteiger partial charge in [0.25, 0.3) is 0 Å². The summed E-state index contributed by atoms with van der Waals surface area (Å²) in [6.07, 6.45) is 0. The van der Waals surface area contributed by atoms with E-state index >= 15 is 0 Å². The van der Waals surface area contributed by atoms with Crippen LogP contribution < -0.4 is 5.32 Å². The lowest BCUT2D eigenvalue weighted by Gasteiger charge is -2.24. The molecule has 0 aliphatic carbocycles. The zero-order chi connectivity index (χ0) is 14.0. The van der Waals surface area contributed by atoms with Crippen molar-refractivity contribution in [2.75, 3.05) is 11.9 Å². The van der Waals surface area contributed by atoms with Crippen molar-refractivity contribution in [3.8, 4) is 0 Å². The molecule has 102 valence electrons. The minimum atomic E-state index is -0.00864. The molecule has 2 rings (SSSR count). The van der Waals surface area contributed by atoms with Crippen LogP contribution in [0.15, 0.2) is 23.6 Å². The number of rotatable bonds is 4. The molecule has 0 atom stereocenters. The highest BCUT2D eigenvalue weighted by molar-refractivity contribution is 7.10. The summed E-state index contributed by atoms with van der Waals surface area (Å²) in [4.78, 5) is 5.45. The molecule has 0 spiro atoms. The van der Waals surface area contributed by atoms with Crippen molar-refractivity contribution >= 4 is 52.0 Å². The Bertz CT molecular complexity index is 568. The Morgan fingerprint density at radius 1 is 1.26 bits per heavy atom. The molecule has 1 N–H and O–H groups in total. The summed E-state index contributed by atoms with van der Waals surface area (Å²) < 4.78 is 0. The molecule has 0 fully saturated rings. The van der Waals surface area contributed by atoms with E-state index < -0.39 is 0 Å². The molecule has 2 nitrogen and oxygen atoms in total. The van der Waals surface area contributed by atoms with Gasteiger partial charge >= 0.3 is 0 Å². The monoisotopic (exact) mass is 334 g/mol. The first-order valence-corrected chi connectivity index (χ1v) is 7.71. The quantitative estimate of drug-likeness (QED) is 0.747. The SMILES string of the molecule is CC(C)(CNc1nc(Cl)c(Cl)cc1Cl)c1cccs1. The zero-order valence-electron chi connectivity index (χ0n) is 10.5. The molecule has 2 aromatic heterocycles. The molecule has 0 unspecified atom stereocenters. The third-order valence-corrected chi connectivity index (χ3v) is 4.97. The average Bonchev–Trinajstić information content (AvgIpc) is 2.86. The summed E-state index contributed by atoms with van der Waals surface area (Å²) in [6.45, 7) is 5.03. The largest absolute Gasteiger partial charge is 0.368 e. The van der Waals surface area contributed by atoms with E-state index in [4.69, 9.17) is 34.8 Å². The number of thiophene rings is 1. The van der Waals surface area contributed by atoms with E-state index in [1.807, 2.05) is 6.07 Å². The molecule has 0 amide bonds. The van der Waals surface area contributed by atoms with Gasteiger partial charge in [-0.05, 0) is 17.5 Å². The van der Waals surface area contributed by atoms with Crippen LogP contribution in [0.1, 0.15) is 18.7 Å². The van der Waals surface area contributed by atoms with Crippen molar-refractivity contribution in [3.05, 3.63) is 43.7 Å². The fourth-order valence-electron chi connectivity index (χ4n) is 1.62. The number of anilines is 1. The highest BCUT2D eigenvalue weighted by atomic mass is 35.5. The lowest BCUT2D eigenvalue weighted by Crippen LogP contribution is -2.27. The van der Waals surface area contributed by atoms with Crippen LogP contribution in [-0.4, -0.2) is 11.5 Å². The van der Waals surface area contributed by atoms with Gasteiger partial charge in [-0.25, -0.2) is 4.98 Å². The lowest BCUT2D eigenvalue weighted by molar-refractivity contribution is 0.568. The molecule has 0 aliphatic rings. The molecule has 0 saturated carbocycles. The molecule has 0 saturated heterocycles. The van der Waals surface area contributed by atoms with Crippen LogP contribution >= 0.6 is 46.1 Å². The molecular weight excluding hydrogens is 323 g/mol. The second kappa shape index (κ2) is 5.88. The Balaban J connectivity index is 2.13. The summed E-state index contributed by atoms with van der Waals surface area (Å²) in [5, 5.41) is 6.38. The highest BCUT2D eigenvalue weighted by Gasteiger charge is 2.22. The van der Waals surface area contributed by atoms with Crippen LogP contribution in [0.5, 0.6) is 0 Å². The van der Waals surface area contributed by atoms with E-state index in [0.717, 1.165) is 0 Å². The van der Waals surface area contributed by atoms with Gasteiger partial charge in [0.2, 0.25) is 0 Å². The second-order valence-electron chi connectivity index (χ2n) is 4.81. The van der Waals surface area contributed by atoms with Crippen molar-refractivity contribution in [1.82, 2.24) is 4.98 Å². The smallest absolute Gasteiger partial charge is 0.150 e.